The molecule has 1 aliphatic carbocycles. The molecule has 0 radical (unpaired) electrons. The molecule has 2 nitrogen and oxygen atoms in total. The predicted molar refractivity (Wildman–Crippen MR) is 53.0 cm³/mol. The molecule has 2 N–H and O–H groups in total. The van der Waals surface area contributed by atoms with Crippen LogP contribution in [0.15, 0.2) is 0 Å². The average Bonchev–Trinajstić information content (AvgIpc) is 2.39. The van der Waals surface area contributed by atoms with Gasteiger partial charge >= 0.3 is 0 Å². The quantitative estimate of drug-likeness (QED) is 0.600. The number of rotatable bonds is 0. The van der Waals surface area contributed by atoms with Crippen molar-refractivity contribution in [2.24, 2.45) is 17.3 Å². The van der Waals surface area contributed by atoms with Crippen LogP contribution in [-0.2, 0) is 0 Å². The van der Waals surface area contributed by atoms with E-state index in [1.54, 1.807) is 0 Å². The summed E-state index contributed by atoms with van der Waals surface area (Å²) in [6.07, 6.45) is 0.929. The Bertz CT molecular complexity index is 213. The fraction of sp³-hybridized carbons (Fsp3) is 0.889. The second-order valence-electron chi connectivity index (χ2n) is 4.70. The minimum atomic E-state index is 0. The van der Waals surface area contributed by atoms with Gasteiger partial charge in [-0.2, -0.15) is 0 Å². The summed E-state index contributed by atoms with van der Waals surface area (Å²) in [6, 6.07) is 0.617. The van der Waals surface area contributed by atoms with Crippen LogP contribution in [0.2, 0.25) is 0 Å². The second-order valence-corrected chi connectivity index (χ2v) is 4.70. The summed E-state index contributed by atoms with van der Waals surface area (Å²) in [4.78, 5) is 0. The van der Waals surface area contributed by atoms with Gasteiger partial charge in [-0.1, -0.05) is 20.8 Å². The maximum Gasteiger partial charge on any atom is 0.0939 e. The second kappa shape index (κ2) is 2.63. The number of halogens is 1. The van der Waals surface area contributed by atoms with Gasteiger partial charge in [-0.05, 0) is 17.3 Å². The molecular weight excluding hydrogens is 172 g/mol. The highest BCUT2D eigenvalue weighted by molar-refractivity contribution is 5.85. The minimum Gasteiger partial charge on any atom is -0.371 e. The van der Waals surface area contributed by atoms with Crippen molar-refractivity contribution < 1.29 is 0 Å². The molecule has 1 aliphatic heterocycles. The minimum absolute atomic E-state index is 0. The van der Waals surface area contributed by atoms with Gasteiger partial charge in [0.25, 0.3) is 0 Å². The van der Waals surface area contributed by atoms with E-state index in [-0.39, 0.29) is 12.4 Å². The number of hydrogen-bond donors (Lipinski definition) is 2. The summed E-state index contributed by atoms with van der Waals surface area (Å²) in [5.41, 5.74) is 0.367. The third-order valence-corrected chi connectivity index (χ3v) is 3.25. The fourth-order valence-electron chi connectivity index (χ4n) is 2.71. The zero-order valence-corrected chi connectivity index (χ0v) is 8.66. The maximum atomic E-state index is 7.58. The van der Waals surface area contributed by atoms with Crippen molar-refractivity contribution in [1.82, 2.24) is 5.32 Å². The van der Waals surface area contributed by atoms with Gasteiger partial charge in [-0.3, -0.25) is 5.41 Å². The number of nitrogens with one attached hydrogen (secondary N) is 2. The first kappa shape index (κ1) is 9.85. The van der Waals surface area contributed by atoms with Gasteiger partial charge < -0.3 is 5.32 Å². The van der Waals surface area contributed by atoms with Gasteiger partial charge in [0.1, 0.15) is 0 Å². The monoisotopic (exact) mass is 188 g/mol. The highest BCUT2D eigenvalue weighted by atomic mass is 35.5. The van der Waals surface area contributed by atoms with E-state index in [2.05, 4.69) is 26.1 Å². The Morgan fingerprint density at radius 3 is 2.58 bits per heavy atom. The summed E-state index contributed by atoms with van der Waals surface area (Å²) in [5, 5.41) is 10.8. The van der Waals surface area contributed by atoms with E-state index in [9.17, 15) is 0 Å². The molecule has 1 saturated heterocycles. The summed E-state index contributed by atoms with van der Waals surface area (Å²) < 4.78 is 0. The molecule has 3 atom stereocenters. The Morgan fingerprint density at radius 2 is 2.08 bits per heavy atom. The van der Waals surface area contributed by atoms with E-state index in [0.717, 1.165) is 24.1 Å². The highest BCUT2D eigenvalue weighted by Gasteiger charge is 2.57. The van der Waals surface area contributed by atoms with Gasteiger partial charge in [0.2, 0.25) is 0 Å². The predicted octanol–water partition coefficient (Wildman–Crippen LogP) is 2.04. The standard InChI is InChI=1S/C9H16N2.ClH/c1-5-7-8(5)11-6(10)4-9(7,2)3;/h5,7-8H,4H2,1-3H3,(H2,10,11);1H/t5?,7-,8-;/m1./s1. The van der Waals surface area contributed by atoms with E-state index in [1.165, 1.54) is 0 Å². The van der Waals surface area contributed by atoms with Gasteiger partial charge in [-0.25, -0.2) is 0 Å². The first-order chi connectivity index (χ1) is 5.02. The summed E-state index contributed by atoms with van der Waals surface area (Å²) in [6.45, 7) is 6.84. The van der Waals surface area contributed by atoms with Crippen molar-refractivity contribution in [3.05, 3.63) is 0 Å². The molecular formula is C9H17ClN2. The molecule has 2 fully saturated rings. The number of piperidine rings is 1. The molecule has 1 saturated carbocycles. The first-order valence-corrected chi connectivity index (χ1v) is 4.36. The van der Waals surface area contributed by atoms with Crippen LogP contribution in [-0.4, -0.2) is 11.9 Å². The molecule has 0 aromatic carbocycles. The molecule has 1 heterocycles. The zero-order valence-electron chi connectivity index (χ0n) is 7.85. The lowest BCUT2D eigenvalue weighted by Gasteiger charge is -2.30. The Kier molecular flexibility index (Phi) is 2.15. The van der Waals surface area contributed by atoms with Crippen LogP contribution < -0.4 is 5.32 Å². The van der Waals surface area contributed by atoms with E-state index in [0.29, 0.717) is 11.5 Å². The van der Waals surface area contributed by atoms with Gasteiger partial charge in [-0.15, -0.1) is 12.4 Å². The molecule has 0 aromatic rings. The normalized spacial score (nSPS) is 42.2. The molecule has 0 spiro atoms. The molecule has 0 aromatic heterocycles. The van der Waals surface area contributed by atoms with E-state index < -0.39 is 0 Å². The molecule has 0 amide bonds. The lowest BCUT2D eigenvalue weighted by Crippen LogP contribution is -2.38. The van der Waals surface area contributed by atoms with E-state index in [4.69, 9.17) is 5.41 Å². The lowest BCUT2D eigenvalue weighted by molar-refractivity contribution is 0.285. The van der Waals surface area contributed by atoms with Gasteiger partial charge in [0.05, 0.1) is 5.84 Å². The Hall–Kier alpha value is -0.240. The molecule has 1 unspecified atom stereocenters. The smallest absolute Gasteiger partial charge is 0.0939 e. The van der Waals surface area contributed by atoms with Crippen molar-refractivity contribution in [2.45, 2.75) is 33.2 Å². The summed E-state index contributed by atoms with van der Waals surface area (Å²) in [5.74, 6) is 2.34. The van der Waals surface area contributed by atoms with Crippen molar-refractivity contribution in [3.63, 3.8) is 0 Å². The molecule has 2 rings (SSSR count). The van der Waals surface area contributed by atoms with Crippen LogP contribution >= 0.6 is 12.4 Å². The van der Waals surface area contributed by atoms with Crippen molar-refractivity contribution in [2.75, 3.05) is 0 Å². The third kappa shape index (κ3) is 1.22. The van der Waals surface area contributed by atoms with Crippen LogP contribution in [0.5, 0.6) is 0 Å². The Morgan fingerprint density at radius 1 is 1.50 bits per heavy atom. The zero-order chi connectivity index (χ0) is 8.22. The molecule has 2 aliphatic rings. The number of hydrogen-bond acceptors (Lipinski definition) is 1. The SMILES string of the molecule is CC1[C@H]2NC(=N)CC(C)(C)[C@H]12.Cl. The number of amidine groups is 1. The highest BCUT2D eigenvalue weighted by Crippen LogP contribution is 2.54. The Balaban J connectivity index is 0.000000720. The van der Waals surface area contributed by atoms with Crippen LogP contribution in [0.3, 0.4) is 0 Å². The van der Waals surface area contributed by atoms with Crippen LogP contribution in [0, 0.1) is 22.7 Å². The van der Waals surface area contributed by atoms with Gasteiger partial charge in [0, 0.05) is 12.5 Å². The maximum absolute atomic E-state index is 7.58. The van der Waals surface area contributed by atoms with Gasteiger partial charge in [0.15, 0.2) is 0 Å². The van der Waals surface area contributed by atoms with Crippen molar-refractivity contribution >= 4 is 18.2 Å². The van der Waals surface area contributed by atoms with Crippen molar-refractivity contribution in [1.29, 1.82) is 5.41 Å². The van der Waals surface area contributed by atoms with E-state index in [1.807, 2.05) is 0 Å². The van der Waals surface area contributed by atoms with Crippen molar-refractivity contribution in [3.8, 4) is 0 Å². The van der Waals surface area contributed by atoms with Crippen LogP contribution in [0.1, 0.15) is 27.2 Å². The van der Waals surface area contributed by atoms with E-state index >= 15 is 0 Å². The summed E-state index contributed by atoms with van der Waals surface area (Å²) >= 11 is 0. The number of fused-ring (bicyclic) bond motifs is 1. The van der Waals surface area contributed by atoms with Crippen LogP contribution in [0.4, 0.5) is 0 Å². The largest absolute Gasteiger partial charge is 0.371 e. The van der Waals surface area contributed by atoms with Crippen LogP contribution in [0.25, 0.3) is 0 Å². The molecule has 3 heteroatoms. The summed E-state index contributed by atoms with van der Waals surface area (Å²) in [7, 11) is 0. The molecule has 12 heavy (non-hydrogen) atoms. The third-order valence-electron chi connectivity index (χ3n) is 3.25. The first-order valence-electron chi connectivity index (χ1n) is 4.36. The molecule has 0 bridgehead atoms. The lowest BCUT2D eigenvalue weighted by atomic mass is 9.80. The Labute approximate surface area is 80.0 Å². The fourth-order valence-corrected chi connectivity index (χ4v) is 2.71. The topological polar surface area (TPSA) is 35.9 Å². The average molecular weight is 189 g/mol. The molecule has 70 valence electrons.